The Morgan fingerprint density at radius 1 is 1.33 bits per heavy atom. The highest BCUT2D eigenvalue weighted by Crippen LogP contribution is 2.27. The summed E-state index contributed by atoms with van der Waals surface area (Å²) in [7, 11) is 0. The van der Waals surface area contributed by atoms with Gasteiger partial charge in [0.25, 0.3) is 0 Å². The maximum Gasteiger partial charge on any atom is 0.132 e. The lowest BCUT2D eigenvalue weighted by molar-refractivity contribution is 0.266. The van der Waals surface area contributed by atoms with Gasteiger partial charge in [0.1, 0.15) is 11.6 Å². The van der Waals surface area contributed by atoms with Gasteiger partial charge in [-0.15, -0.1) is 0 Å². The molecule has 5 nitrogen and oxygen atoms in total. The number of aryl methyl sites for hydroxylation is 1. The predicted octanol–water partition coefficient (Wildman–Crippen LogP) is 2.67. The molecule has 1 saturated heterocycles. The molecular weight excluding hydrogens is 302 g/mol. The summed E-state index contributed by atoms with van der Waals surface area (Å²) in [5, 5.41) is 9.54. The second-order valence-corrected chi connectivity index (χ2v) is 6.31. The third kappa shape index (κ3) is 3.91. The molecule has 1 aromatic carbocycles. The van der Waals surface area contributed by atoms with Crippen molar-refractivity contribution in [2.45, 2.75) is 39.3 Å². The topological polar surface area (TPSA) is 58.5 Å². The predicted molar refractivity (Wildman–Crippen MR) is 92.9 cm³/mol. The summed E-state index contributed by atoms with van der Waals surface area (Å²) in [4.78, 5) is 11.4. The van der Waals surface area contributed by atoms with Crippen molar-refractivity contribution in [3.05, 3.63) is 53.1 Å². The summed E-state index contributed by atoms with van der Waals surface area (Å²) in [6.07, 6.45) is 2.94. The van der Waals surface area contributed by atoms with Gasteiger partial charge in [-0.2, -0.15) is 0 Å². The van der Waals surface area contributed by atoms with Crippen molar-refractivity contribution in [1.29, 1.82) is 0 Å². The molecule has 0 spiro atoms. The smallest absolute Gasteiger partial charge is 0.132 e. The van der Waals surface area contributed by atoms with Gasteiger partial charge >= 0.3 is 0 Å². The number of hydrogen-bond donors (Lipinski definition) is 1. The summed E-state index contributed by atoms with van der Waals surface area (Å²) in [6.45, 7) is 7.47. The fourth-order valence-corrected chi connectivity index (χ4v) is 3.26. The molecule has 1 aliphatic rings. The highest BCUT2D eigenvalue weighted by Gasteiger charge is 2.26. The molecule has 128 valence electrons. The summed E-state index contributed by atoms with van der Waals surface area (Å²) >= 11 is 0. The van der Waals surface area contributed by atoms with Crippen molar-refractivity contribution < 1.29 is 9.84 Å². The summed E-state index contributed by atoms with van der Waals surface area (Å²) in [5.74, 6) is 2.14. The molecule has 1 aromatic heterocycles. The zero-order valence-corrected chi connectivity index (χ0v) is 14.4. The summed E-state index contributed by atoms with van der Waals surface area (Å²) < 4.78 is 5.55. The molecule has 3 rings (SSSR count). The highest BCUT2D eigenvalue weighted by molar-refractivity contribution is 5.37. The van der Waals surface area contributed by atoms with E-state index in [0.29, 0.717) is 12.5 Å². The van der Waals surface area contributed by atoms with Crippen LogP contribution in [0, 0.1) is 6.92 Å². The molecule has 0 bridgehead atoms. The fourth-order valence-electron chi connectivity index (χ4n) is 3.26. The number of aliphatic hydroxyl groups is 1. The molecule has 0 radical (unpaired) electrons. The summed E-state index contributed by atoms with van der Waals surface area (Å²) in [6, 6.07) is 8.02. The monoisotopic (exact) mass is 327 g/mol. The number of benzene rings is 1. The van der Waals surface area contributed by atoms with Crippen LogP contribution in [0.3, 0.4) is 0 Å². The fraction of sp³-hybridized carbons (Fsp3) is 0.474. The number of aliphatic hydroxyl groups excluding tert-OH is 1. The molecule has 2 aromatic rings. The van der Waals surface area contributed by atoms with Crippen molar-refractivity contribution in [2.75, 3.05) is 19.7 Å². The second kappa shape index (κ2) is 7.73. The van der Waals surface area contributed by atoms with Gasteiger partial charge in [-0.25, -0.2) is 9.97 Å². The number of aromatic nitrogens is 2. The van der Waals surface area contributed by atoms with E-state index in [2.05, 4.69) is 20.9 Å². The van der Waals surface area contributed by atoms with Crippen LogP contribution in [-0.4, -0.2) is 39.7 Å². The third-order valence-electron chi connectivity index (χ3n) is 4.45. The SMILES string of the molecule is CCOc1ccc(CN2CCC(c3nccc(C)n3)C2)cc1CO. The Labute approximate surface area is 143 Å². The van der Waals surface area contributed by atoms with E-state index in [0.717, 1.165) is 48.9 Å². The van der Waals surface area contributed by atoms with Crippen LogP contribution in [0.2, 0.25) is 0 Å². The Hall–Kier alpha value is -1.98. The van der Waals surface area contributed by atoms with Gasteiger partial charge in [-0.1, -0.05) is 6.07 Å². The van der Waals surface area contributed by atoms with Crippen LogP contribution in [0.15, 0.2) is 30.5 Å². The first-order valence-corrected chi connectivity index (χ1v) is 8.57. The van der Waals surface area contributed by atoms with Gasteiger partial charge < -0.3 is 9.84 Å². The quantitative estimate of drug-likeness (QED) is 0.884. The number of ether oxygens (including phenoxy) is 1. The van der Waals surface area contributed by atoms with Gasteiger partial charge in [-0.05, 0) is 50.6 Å². The third-order valence-corrected chi connectivity index (χ3v) is 4.45. The van der Waals surface area contributed by atoms with Crippen LogP contribution in [-0.2, 0) is 13.2 Å². The molecule has 1 N–H and O–H groups in total. The molecule has 2 heterocycles. The molecule has 1 fully saturated rings. The highest BCUT2D eigenvalue weighted by atomic mass is 16.5. The largest absolute Gasteiger partial charge is 0.494 e. The van der Waals surface area contributed by atoms with Gasteiger partial charge in [0.2, 0.25) is 0 Å². The lowest BCUT2D eigenvalue weighted by Crippen LogP contribution is -2.20. The number of likely N-dealkylation sites (tertiary alicyclic amines) is 1. The van der Waals surface area contributed by atoms with Crippen LogP contribution >= 0.6 is 0 Å². The molecule has 0 amide bonds. The lowest BCUT2D eigenvalue weighted by Gasteiger charge is -2.17. The van der Waals surface area contributed by atoms with Gasteiger partial charge in [0, 0.05) is 36.5 Å². The molecule has 1 aliphatic heterocycles. The zero-order valence-electron chi connectivity index (χ0n) is 14.4. The van der Waals surface area contributed by atoms with Crippen LogP contribution in [0.25, 0.3) is 0 Å². The molecule has 0 saturated carbocycles. The van der Waals surface area contributed by atoms with E-state index in [1.807, 2.05) is 38.2 Å². The first kappa shape index (κ1) is 16.9. The van der Waals surface area contributed by atoms with E-state index in [-0.39, 0.29) is 6.61 Å². The number of rotatable bonds is 6. The van der Waals surface area contributed by atoms with Crippen LogP contribution in [0.4, 0.5) is 0 Å². The van der Waals surface area contributed by atoms with E-state index in [9.17, 15) is 5.11 Å². The Kier molecular flexibility index (Phi) is 5.43. The molecule has 1 unspecified atom stereocenters. The average molecular weight is 327 g/mol. The van der Waals surface area contributed by atoms with E-state index in [1.165, 1.54) is 5.56 Å². The van der Waals surface area contributed by atoms with Crippen molar-refractivity contribution in [3.63, 3.8) is 0 Å². The number of nitrogens with zero attached hydrogens (tertiary/aromatic N) is 3. The normalized spacial score (nSPS) is 18.0. The first-order valence-electron chi connectivity index (χ1n) is 8.57. The van der Waals surface area contributed by atoms with Crippen LogP contribution in [0.1, 0.15) is 41.9 Å². The molecule has 1 atom stereocenters. The van der Waals surface area contributed by atoms with Crippen molar-refractivity contribution >= 4 is 0 Å². The minimum Gasteiger partial charge on any atom is -0.494 e. The number of hydrogen-bond acceptors (Lipinski definition) is 5. The van der Waals surface area contributed by atoms with E-state index in [1.54, 1.807) is 0 Å². The van der Waals surface area contributed by atoms with Crippen molar-refractivity contribution in [1.82, 2.24) is 14.9 Å². The van der Waals surface area contributed by atoms with Gasteiger partial charge in [0.15, 0.2) is 0 Å². The van der Waals surface area contributed by atoms with E-state index >= 15 is 0 Å². The summed E-state index contributed by atoms with van der Waals surface area (Å²) in [5.41, 5.74) is 3.08. The van der Waals surface area contributed by atoms with Gasteiger partial charge in [0.05, 0.1) is 13.2 Å². The molecular formula is C19H25N3O2. The minimum atomic E-state index is 0.00291. The molecule has 0 aliphatic carbocycles. The van der Waals surface area contributed by atoms with Crippen molar-refractivity contribution in [3.8, 4) is 5.75 Å². The van der Waals surface area contributed by atoms with Crippen LogP contribution in [0.5, 0.6) is 5.75 Å². The lowest BCUT2D eigenvalue weighted by atomic mass is 10.1. The van der Waals surface area contributed by atoms with Crippen LogP contribution < -0.4 is 4.74 Å². The Morgan fingerprint density at radius 2 is 2.21 bits per heavy atom. The Morgan fingerprint density at radius 3 is 2.96 bits per heavy atom. The average Bonchev–Trinajstić information content (AvgIpc) is 3.05. The maximum absolute atomic E-state index is 9.54. The van der Waals surface area contributed by atoms with E-state index < -0.39 is 0 Å². The van der Waals surface area contributed by atoms with Gasteiger partial charge in [-0.3, -0.25) is 4.90 Å². The standard InChI is InChI=1S/C19H25N3O2/c1-3-24-18-5-4-15(10-17(18)13-23)11-22-9-7-16(12-22)19-20-8-6-14(2)21-19/h4-6,8,10,16,23H,3,7,9,11-13H2,1-2H3. The Balaban J connectivity index is 1.65. The Bertz CT molecular complexity index is 690. The second-order valence-electron chi connectivity index (χ2n) is 6.31. The van der Waals surface area contributed by atoms with Crippen molar-refractivity contribution in [2.24, 2.45) is 0 Å². The molecule has 5 heteroatoms. The minimum absolute atomic E-state index is 0.00291. The molecule has 24 heavy (non-hydrogen) atoms. The zero-order chi connectivity index (χ0) is 16.9. The first-order chi connectivity index (χ1) is 11.7. The maximum atomic E-state index is 9.54. The van der Waals surface area contributed by atoms with E-state index in [4.69, 9.17) is 4.74 Å².